The summed E-state index contributed by atoms with van der Waals surface area (Å²) in [7, 11) is 1.62. The van der Waals surface area contributed by atoms with Gasteiger partial charge in [0.25, 0.3) is 0 Å². The zero-order valence-corrected chi connectivity index (χ0v) is 21.9. The van der Waals surface area contributed by atoms with Crippen LogP contribution in [0.25, 0.3) is 0 Å². The lowest BCUT2D eigenvalue weighted by Gasteiger charge is -2.37. The number of ether oxygens (including phenoxy) is 3. The molecule has 3 aromatic rings. The van der Waals surface area contributed by atoms with E-state index in [4.69, 9.17) is 19.9 Å². The summed E-state index contributed by atoms with van der Waals surface area (Å²) < 4.78 is 17.1. The van der Waals surface area contributed by atoms with E-state index in [1.54, 1.807) is 30.3 Å². The molecule has 3 N–H and O–H groups in total. The minimum absolute atomic E-state index is 0.276. The van der Waals surface area contributed by atoms with Crippen LogP contribution in [0.3, 0.4) is 0 Å². The van der Waals surface area contributed by atoms with Gasteiger partial charge in [0.15, 0.2) is 0 Å². The van der Waals surface area contributed by atoms with Crippen LogP contribution < -0.4 is 25.4 Å². The lowest BCUT2D eigenvalue weighted by Crippen LogP contribution is -2.50. The van der Waals surface area contributed by atoms with Crippen molar-refractivity contribution in [3.63, 3.8) is 0 Å². The highest BCUT2D eigenvalue weighted by atomic mass is 16.6. The van der Waals surface area contributed by atoms with Gasteiger partial charge in [0, 0.05) is 61.4 Å². The highest BCUT2D eigenvalue weighted by Gasteiger charge is 2.26. The molecule has 1 saturated heterocycles. The lowest BCUT2D eigenvalue weighted by molar-refractivity contribution is 0.0240. The third-order valence-corrected chi connectivity index (χ3v) is 5.73. The highest BCUT2D eigenvalue weighted by molar-refractivity contribution is 5.70. The number of benzene rings is 2. The Morgan fingerprint density at radius 3 is 2.51 bits per heavy atom. The van der Waals surface area contributed by atoms with Crippen LogP contribution in [0, 0.1) is 6.92 Å². The molecule has 1 aliphatic rings. The molecule has 2 heterocycles. The standard InChI is InChI=1S/C27H34N6O4/c1-18-17-29-25(31-24(18)36-21-8-6-7-19(28)15-21)30-22-10-9-20(16-23(22)35-5)32-11-13-33(14-12-32)26(34)37-27(2,3)4/h6-10,15-17H,11-14,28H2,1-5H3,(H,29,30,31). The molecule has 0 atom stereocenters. The maximum Gasteiger partial charge on any atom is 0.410 e. The number of amides is 1. The van der Waals surface area contributed by atoms with Crippen molar-refractivity contribution < 1.29 is 19.0 Å². The Labute approximate surface area is 217 Å². The fourth-order valence-corrected chi connectivity index (χ4v) is 3.85. The van der Waals surface area contributed by atoms with E-state index in [0.29, 0.717) is 55.2 Å². The smallest absolute Gasteiger partial charge is 0.410 e. The van der Waals surface area contributed by atoms with Crippen molar-refractivity contribution in [2.75, 3.05) is 49.2 Å². The maximum absolute atomic E-state index is 12.4. The summed E-state index contributed by atoms with van der Waals surface area (Å²) in [4.78, 5) is 25.2. The minimum Gasteiger partial charge on any atom is -0.494 e. The lowest BCUT2D eigenvalue weighted by atomic mass is 10.2. The molecule has 10 nitrogen and oxygen atoms in total. The van der Waals surface area contributed by atoms with Crippen LogP contribution in [0.2, 0.25) is 0 Å². The van der Waals surface area contributed by atoms with Crippen molar-refractivity contribution in [1.82, 2.24) is 14.9 Å². The second kappa shape index (κ2) is 10.8. The van der Waals surface area contributed by atoms with Gasteiger partial charge >= 0.3 is 6.09 Å². The number of nitrogens with two attached hydrogens (primary N) is 1. The number of aromatic nitrogens is 2. The van der Waals surface area contributed by atoms with Crippen molar-refractivity contribution in [3.8, 4) is 17.4 Å². The molecule has 0 saturated carbocycles. The Balaban J connectivity index is 1.44. The number of nitrogen functional groups attached to an aromatic ring is 1. The number of aryl methyl sites for hydroxylation is 1. The Hall–Kier alpha value is -4.21. The van der Waals surface area contributed by atoms with E-state index in [0.717, 1.165) is 16.9 Å². The summed E-state index contributed by atoms with van der Waals surface area (Å²) in [6, 6.07) is 13.1. The monoisotopic (exact) mass is 506 g/mol. The second-order valence-electron chi connectivity index (χ2n) is 9.82. The zero-order chi connectivity index (χ0) is 26.6. The molecule has 4 rings (SSSR count). The summed E-state index contributed by atoms with van der Waals surface area (Å²) in [6.45, 7) is 10.1. The van der Waals surface area contributed by atoms with E-state index in [1.807, 2.05) is 58.0 Å². The Morgan fingerprint density at radius 1 is 1.08 bits per heavy atom. The number of nitrogens with one attached hydrogen (secondary N) is 1. The van der Waals surface area contributed by atoms with Crippen LogP contribution in [0.1, 0.15) is 26.3 Å². The first-order valence-corrected chi connectivity index (χ1v) is 12.2. The molecule has 2 aromatic carbocycles. The zero-order valence-electron chi connectivity index (χ0n) is 21.9. The molecule has 196 valence electrons. The van der Waals surface area contributed by atoms with Crippen molar-refractivity contribution in [2.45, 2.75) is 33.3 Å². The van der Waals surface area contributed by atoms with Crippen LogP contribution >= 0.6 is 0 Å². The summed E-state index contributed by atoms with van der Waals surface area (Å²) in [5.41, 5.74) is 8.47. The van der Waals surface area contributed by atoms with Crippen molar-refractivity contribution in [1.29, 1.82) is 0 Å². The Bertz CT molecular complexity index is 1250. The first-order chi connectivity index (χ1) is 17.6. The molecule has 0 unspecified atom stereocenters. The fourth-order valence-electron chi connectivity index (χ4n) is 3.85. The molecule has 1 fully saturated rings. The van der Waals surface area contributed by atoms with Gasteiger partial charge in [-0.05, 0) is 52.0 Å². The van der Waals surface area contributed by atoms with E-state index in [9.17, 15) is 4.79 Å². The summed E-state index contributed by atoms with van der Waals surface area (Å²) >= 11 is 0. The molecule has 0 radical (unpaired) electrons. The minimum atomic E-state index is -0.506. The van der Waals surface area contributed by atoms with Gasteiger partial charge in [-0.1, -0.05) is 6.07 Å². The SMILES string of the molecule is COc1cc(N2CCN(C(=O)OC(C)(C)C)CC2)ccc1Nc1ncc(C)c(Oc2cccc(N)c2)n1. The average Bonchev–Trinajstić information content (AvgIpc) is 2.85. The van der Waals surface area contributed by atoms with Gasteiger partial charge in [-0.25, -0.2) is 9.78 Å². The molecule has 0 aliphatic carbocycles. The summed E-state index contributed by atoms with van der Waals surface area (Å²) in [5, 5.41) is 3.22. The molecule has 0 spiro atoms. The van der Waals surface area contributed by atoms with Gasteiger partial charge in [-0.15, -0.1) is 0 Å². The van der Waals surface area contributed by atoms with E-state index < -0.39 is 5.60 Å². The Kier molecular flexibility index (Phi) is 7.56. The molecule has 0 bridgehead atoms. The normalized spacial score (nSPS) is 13.8. The van der Waals surface area contributed by atoms with Gasteiger partial charge in [0.2, 0.25) is 11.8 Å². The van der Waals surface area contributed by atoms with E-state index in [2.05, 4.69) is 20.2 Å². The highest BCUT2D eigenvalue weighted by Crippen LogP contribution is 2.33. The number of piperazine rings is 1. The van der Waals surface area contributed by atoms with E-state index in [-0.39, 0.29) is 6.09 Å². The maximum atomic E-state index is 12.4. The first kappa shape index (κ1) is 25.9. The molecular weight excluding hydrogens is 472 g/mol. The predicted molar refractivity (Wildman–Crippen MR) is 144 cm³/mol. The Morgan fingerprint density at radius 2 is 1.84 bits per heavy atom. The number of hydrogen-bond donors (Lipinski definition) is 2. The quantitative estimate of drug-likeness (QED) is 0.447. The number of carbonyl (C=O) groups excluding carboxylic acids is 1. The van der Waals surface area contributed by atoms with Crippen LogP contribution in [0.4, 0.5) is 27.8 Å². The number of methoxy groups -OCH3 is 1. The third kappa shape index (κ3) is 6.72. The summed E-state index contributed by atoms with van der Waals surface area (Å²) in [6.07, 6.45) is 1.42. The average molecular weight is 507 g/mol. The largest absolute Gasteiger partial charge is 0.494 e. The van der Waals surface area contributed by atoms with Crippen LogP contribution in [-0.2, 0) is 4.74 Å². The number of nitrogens with zero attached hydrogens (tertiary/aromatic N) is 4. The fraction of sp³-hybridized carbons (Fsp3) is 0.370. The van der Waals surface area contributed by atoms with Crippen LogP contribution in [0.15, 0.2) is 48.7 Å². The molecular formula is C27H34N6O4. The number of rotatable bonds is 6. The van der Waals surface area contributed by atoms with Gasteiger partial charge in [-0.3, -0.25) is 0 Å². The third-order valence-electron chi connectivity index (χ3n) is 5.73. The topological polar surface area (TPSA) is 115 Å². The second-order valence-corrected chi connectivity index (χ2v) is 9.82. The predicted octanol–water partition coefficient (Wildman–Crippen LogP) is 4.97. The van der Waals surface area contributed by atoms with E-state index in [1.165, 1.54) is 0 Å². The summed E-state index contributed by atoms with van der Waals surface area (Å²) in [5.74, 6) is 2.05. The van der Waals surface area contributed by atoms with Crippen LogP contribution in [-0.4, -0.2) is 59.9 Å². The molecule has 1 aliphatic heterocycles. The van der Waals surface area contributed by atoms with Gasteiger partial charge in [0.05, 0.1) is 12.8 Å². The van der Waals surface area contributed by atoms with Gasteiger partial charge < -0.3 is 35.1 Å². The molecule has 1 amide bonds. The number of anilines is 4. The first-order valence-electron chi connectivity index (χ1n) is 12.2. The van der Waals surface area contributed by atoms with Gasteiger partial charge in [0.1, 0.15) is 17.1 Å². The van der Waals surface area contributed by atoms with Crippen molar-refractivity contribution >= 4 is 29.1 Å². The molecule has 10 heteroatoms. The number of carbonyl (C=O) groups is 1. The molecule has 37 heavy (non-hydrogen) atoms. The van der Waals surface area contributed by atoms with E-state index >= 15 is 0 Å². The number of hydrogen-bond acceptors (Lipinski definition) is 9. The van der Waals surface area contributed by atoms with Crippen LogP contribution in [0.5, 0.6) is 17.4 Å². The van der Waals surface area contributed by atoms with Gasteiger partial charge in [-0.2, -0.15) is 4.98 Å². The molecule has 1 aromatic heterocycles. The van der Waals surface area contributed by atoms with Crippen molar-refractivity contribution in [3.05, 3.63) is 54.2 Å². The van der Waals surface area contributed by atoms with Crippen molar-refractivity contribution in [2.24, 2.45) is 0 Å².